The van der Waals surface area contributed by atoms with E-state index in [0.717, 1.165) is 42.6 Å². The molecule has 1 amide bonds. The molecular formula is C30H37NO5. The van der Waals surface area contributed by atoms with Gasteiger partial charge in [-0.05, 0) is 81.0 Å². The van der Waals surface area contributed by atoms with E-state index in [0.29, 0.717) is 17.9 Å². The fourth-order valence-corrected chi connectivity index (χ4v) is 5.36. The van der Waals surface area contributed by atoms with E-state index in [1.165, 1.54) is 0 Å². The van der Waals surface area contributed by atoms with E-state index in [9.17, 15) is 14.7 Å². The molecule has 1 saturated heterocycles. The van der Waals surface area contributed by atoms with Crippen molar-refractivity contribution in [3.05, 3.63) is 64.7 Å². The number of hydrogen-bond acceptors (Lipinski definition) is 5. The second-order valence-electron chi connectivity index (χ2n) is 10.2. The third-order valence-electron chi connectivity index (χ3n) is 6.95. The summed E-state index contributed by atoms with van der Waals surface area (Å²) >= 11 is 0. The van der Waals surface area contributed by atoms with Gasteiger partial charge >= 0.3 is 0 Å². The summed E-state index contributed by atoms with van der Waals surface area (Å²) in [5.74, 6) is 0.242. The number of carbonyl (C=O) groups is 2. The molecule has 2 fully saturated rings. The molecule has 1 saturated carbocycles. The third kappa shape index (κ3) is 4.99. The maximum Gasteiger partial charge on any atom is 0.295 e. The molecule has 0 radical (unpaired) electrons. The maximum absolute atomic E-state index is 13.5. The summed E-state index contributed by atoms with van der Waals surface area (Å²) in [7, 11) is 0. The Morgan fingerprint density at radius 2 is 1.78 bits per heavy atom. The van der Waals surface area contributed by atoms with Gasteiger partial charge in [-0.1, -0.05) is 38.8 Å². The summed E-state index contributed by atoms with van der Waals surface area (Å²) in [6, 6.07) is 12.3. The molecular weight excluding hydrogens is 454 g/mol. The Morgan fingerprint density at radius 1 is 1.06 bits per heavy atom. The number of benzene rings is 2. The number of Topliss-reactive ketones (excluding diaryl/α,β-unsaturated/α-hetero) is 1. The maximum atomic E-state index is 13.5. The highest BCUT2D eigenvalue weighted by atomic mass is 16.5. The van der Waals surface area contributed by atoms with Crippen LogP contribution >= 0.6 is 0 Å². The van der Waals surface area contributed by atoms with Crippen LogP contribution < -0.4 is 9.47 Å². The molecule has 6 heteroatoms. The van der Waals surface area contributed by atoms with Crippen LogP contribution in [0.3, 0.4) is 0 Å². The van der Waals surface area contributed by atoms with Gasteiger partial charge in [0, 0.05) is 11.6 Å². The van der Waals surface area contributed by atoms with Crippen LogP contribution in [0.1, 0.15) is 89.0 Å². The highest BCUT2D eigenvalue weighted by Crippen LogP contribution is 2.44. The third-order valence-corrected chi connectivity index (χ3v) is 6.95. The number of likely N-dealkylation sites (tertiary alicyclic amines) is 1. The van der Waals surface area contributed by atoms with Gasteiger partial charge in [0.15, 0.2) is 0 Å². The largest absolute Gasteiger partial charge is 0.507 e. The van der Waals surface area contributed by atoms with E-state index >= 15 is 0 Å². The van der Waals surface area contributed by atoms with E-state index in [4.69, 9.17) is 9.47 Å². The predicted molar refractivity (Wildman–Crippen MR) is 140 cm³/mol. The summed E-state index contributed by atoms with van der Waals surface area (Å²) in [4.78, 5) is 28.5. The average molecular weight is 492 g/mol. The van der Waals surface area contributed by atoms with Gasteiger partial charge in [-0.15, -0.1) is 0 Å². The number of ketones is 1. The van der Waals surface area contributed by atoms with Crippen molar-refractivity contribution in [2.45, 2.75) is 84.4 Å². The van der Waals surface area contributed by atoms with Crippen LogP contribution in [0.15, 0.2) is 48.0 Å². The monoisotopic (exact) mass is 491 g/mol. The first-order valence-corrected chi connectivity index (χ1v) is 13.1. The Hall–Kier alpha value is -3.28. The number of aliphatic hydroxyl groups excluding tert-OH is 1. The number of aliphatic hydroxyl groups is 1. The second kappa shape index (κ2) is 10.8. The second-order valence-corrected chi connectivity index (χ2v) is 10.2. The molecule has 1 unspecified atom stereocenters. The lowest BCUT2D eigenvalue weighted by Crippen LogP contribution is -2.37. The first-order valence-electron chi connectivity index (χ1n) is 13.1. The summed E-state index contributed by atoms with van der Waals surface area (Å²) < 4.78 is 11.7. The van der Waals surface area contributed by atoms with Crippen LogP contribution in [0, 0.1) is 0 Å². The van der Waals surface area contributed by atoms with Crippen LogP contribution in [-0.4, -0.2) is 40.4 Å². The zero-order chi connectivity index (χ0) is 26.0. The summed E-state index contributed by atoms with van der Waals surface area (Å²) in [6.07, 6.45) is 3.74. The van der Waals surface area contributed by atoms with Crippen molar-refractivity contribution in [3.63, 3.8) is 0 Å². The summed E-state index contributed by atoms with van der Waals surface area (Å²) in [5.41, 5.74) is 2.34. The number of rotatable bonds is 8. The zero-order valence-corrected chi connectivity index (χ0v) is 21.9. The van der Waals surface area contributed by atoms with E-state index < -0.39 is 17.7 Å². The van der Waals surface area contributed by atoms with Crippen LogP contribution in [0.25, 0.3) is 5.76 Å². The topological polar surface area (TPSA) is 76.1 Å². The quantitative estimate of drug-likeness (QED) is 0.264. The van der Waals surface area contributed by atoms with E-state index in [2.05, 4.69) is 13.8 Å². The number of carbonyl (C=O) groups excluding carboxylic acids is 2. The summed E-state index contributed by atoms with van der Waals surface area (Å²) in [6.45, 7) is 10.5. The Labute approximate surface area is 213 Å². The van der Waals surface area contributed by atoms with Crippen LogP contribution in [0.5, 0.6) is 11.5 Å². The predicted octanol–water partition coefficient (Wildman–Crippen LogP) is 6.36. The van der Waals surface area contributed by atoms with Gasteiger partial charge in [-0.2, -0.15) is 0 Å². The van der Waals surface area contributed by atoms with Gasteiger partial charge in [0.05, 0.1) is 24.3 Å². The minimum Gasteiger partial charge on any atom is -0.507 e. The molecule has 4 rings (SSSR count). The smallest absolute Gasteiger partial charge is 0.295 e. The van der Waals surface area contributed by atoms with Gasteiger partial charge in [-0.25, -0.2) is 0 Å². The zero-order valence-electron chi connectivity index (χ0n) is 21.9. The Balaban J connectivity index is 1.87. The molecule has 0 bridgehead atoms. The van der Waals surface area contributed by atoms with Crippen LogP contribution in [-0.2, 0) is 9.59 Å². The number of ether oxygens (including phenoxy) is 2. The van der Waals surface area contributed by atoms with Crippen molar-refractivity contribution in [3.8, 4) is 11.5 Å². The van der Waals surface area contributed by atoms with Crippen molar-refractivity contribution in [2.75, 3.05) is 6.61 Å². The van der Waals surface area contributed by atoms with Crippen molar-refractivity contribution in [2.24, 2.45) is 0 Å². The van der Waals surface area contributed by atoms with Crippen LogP contribution in [0.4, 0.5) is 0 Å². The Kier molecular flexibility index (Phi) is 7.72. The van der Waals surface area contributed by atoms with Gasteiger partial charge in [0.25, 0.3) is 11.7 Å². The molecule has 2 aromatic rings. The standard InChI is InChI=1S/C30H37NO5/c1-6-35-25-15-14-21(17-24(25)18(2)3)28(32)26-27(20-10-9-13-23(16-20)36-19(4)5)31(30(34)29(26)33)22-11-7-8-12-22/h9-10,13-19,22,27,32H,6-8,11-12H2,1-5H3/b28-26+. The van der Waals surface area contributed by atoms with Gasteiger partial charge in [0.1, 0.15) is 17.3 Å². The molecule has 1 heterocycles. The van der Waals surface area contributed by atoms with Crippen molar-refractivity contribution in [1.82, 2.24) is 4.90 Å². The Bertz CT molecular complexity index is 1160. The van der Waals surface area contributed by atoms with Crippen molar-refractivity contribution >= 4 is 17.4 Å². The van der Waals surface area contributed by atoms with Crippen molar-refractivity contribution < 1.29 is 24.2 Å². The fourth-order valence-electron chi connectivity index (χ4n) is 5.36. The molecule has 1 aliphatic heterocycles. The fraction of sp³-hybridized carbons (Fsp3) is 0.467. The summed E-state index contributed by atoms with van der Waals surface area (Å²) in [5, 5.41) is 11.6. The van der Waals surface area contributed by atoms with Crippen molar-refractivity contribution in [1.29, 1.82) is 0 Å². The molecule has 1 N–H and O–H groups in total. The van der Waals surface area contributed by atoms with Gasteiger partial charge in [-0.3, -0.25) is 9.59 Å². The molecule has 0 spiro atoms. The first kappa shape index (κ1) is 25.8. The lowest BCUT2D eigenvalue weighted by atomic mass is 9.92. The SMILES string of the molecule is CCOc1ccc(/C(O)=C2\C(=O)C(=O)N(C3CCCC3)C2c2cccc(OC(C)C)c2)cc1C(C)C. The Morgan fingerprint density at radius 3 is 2.42 bits per heavy atom. The highest BCUT2D eigenvalue weighted by Gasteiger charge is 2.49. The van der Waals surface area contributed by atoms with Gasteiger partial charge in [0.2, 0.25) is 0 Å². The highest BCUT2D eigenvalue weighted by molar-refractivity contribution is 6.46. The molecule has 1 atom stereocenters. The number of amides is 1. The molecule has 6 nitrogen and oxygen atoms in total. The molecule has 2 aromatic carbocycles. The lowest BCUT2D eigenvalue weighted by molar-refractivity contribution is -0.141. The molecule has 1 aliphatic carbocycles. The van der Waals surface area contributed by atoms with E-state index in [1.807, 2.05) is 57.2 Å². The first-order chi connectivity index (χ1) is 17.2. The van der Waals surface area contributed by atoms with Crippen LogP contribution in [0.2, 0.25) is 0 Å². The minimum absolute atomic E-state index is 0.0141. The number of nitrogens with zero attached hydrogens (tertiary/aromatic N) is 1. The number of hydrogen-bond donors (Lipinski definition) is 1. The normalized spacial score (nSPS) is 20.1. The lowest BCUT2D eigenvalue weighted by Gasteiger charge is -2.31. The molecule has 0 aromatic heterocycles. The van der Waals surface area contributed by atoms with Gasteiger partial charge < -0.3 is 19.5 Å². The van der Waals surface area contributed by atoms with E-state index in [1.54, 1.807) is 11.0 Å². The minimum atomic E-state index is -0.669. The average Bonchev–Trinajstić information content (AvgIpc) is 3.45. The van der Waals surface area contributed by atoms with E-state index in [-0.39, 0.29) is 29.4 Å². The molecule has 192 valence electrons. The molecule has 36 heavy (non-hydrogen) atoms. The molecule has 2 aliphatic rings.